The number of hydrogen-bond donors (Lipinski definition) is 1. The second-order valence-corrected chi connectivity index (χ2v) is 3.30. The molecule has 70 valence electrons. The third-order valence-corrected chi connectivity index (χ3v) is 2.40. The Labute approximate surface area is 75.0 Å². The molecular weight excluding hydrogens is 150 g/mol. The van der Waals surface area contributed by atoms with Crippen molar-refractivity contribution < 1.29 is 4.74 Å². The second-order valence-electron chi connectivity index (χ2n) is 3.30. The first-order valence-corrected chi connectivity index (χ1v) is 4.82. The smallest absolute Gasteiger partial charge is 0.0512 e. The van der Waals surface area contributed by atoms with Crippen molar-refractivity contribution in [1.29, 1.82) is 0 Å². The van der Waals surface area contributed by atoms with Gasteiger partial charge in [0.05, 0.1) is 6.61 Å². The van der Waals surface area contributed by atoms with Crippen LogP contribution in [0.25, 0.3) is 0 Å². The SMILES string of the molecule is C=CC(NCC)C1CCCOC1. The maximum Gasteiger partial charge on any atom is 0.0512 e. The van der Waals surface area contributed by atoms with Crippen molar-refractivity contribution >= 4 is 0 Å². The summed E-state index contributed by atoms with van der Waals surface area (Å²) in [5, 5.41) is 3.40. The van der Waals surface area contributed by atoms with Crippen LogP contribution >= 0.6 is 0 Å². The van der Waals surface area contributed by atoms with Gasteiger partial charge in [-0.05, 0) is 19.4 Å². The molecule has 0 aliphatic carbocycles. The molecule has 1 aliphatic heterocycles. The Hall–Kier alpha value is -0.340. The van der Waals surface area contributed by atoms with Crippen LogP contribution < -0.4 is 5.32 Å². The summed E-state index contributed by atoms with van der Waals surface area (Å²) in [6.07, 6.45) is 4.47. The summed E-state index contributed by atoms with van der Waals surface area (Å²) in [5.74, 6) is 0.635. The molecule has 1 aliphatic rings. The Balaban J connectivity index is 2.34. The molecule has 2 nitrogen and oxygen atoms in total. The van der Waals surface area contributed by atoms with Crippen molar-refractivity contribution in [1.82, 2.24) is 5.32 Å². The molecule has 1 heterocycles. The highest BCUT2D eigenvalue weighted by Gasteiger charge is 2.20. The zero-order valence-electron chi connectivity index (χ0n) is 7.88. The van der Waals surface area contributed by atoms with Gasteiger partial charge in [0.15, 0.2) is 0 Å². The number of rotatable bonds is 4. The van der Waals surface area contributed by atoms with Crippen LogP contribution in [0, 0.1) is 5.92 Å². The molecule has 0 radical (unpaired) electrons. The molecule has 1 rings (SSSR count). The van der Waals surface area contributed by atoms with Gasteiger partial charge in [0.1, 0.15) is 0 Å². The summed E-state index contributed by atoms with van der Waals surface area (Å²) in [5.41, 5.74) is 0. The summed E-state index contributed by atoms with van der Waals surface area (Å²) in [7, 11) is 0. The number of hydrogen-bond acceptors (Lipinski definition) is 2. The zero-order chi connectivity index (χ0) is 8.81. The van der Waals surface area contributed by atoms with Gasteiger partial charge in [0.25, 0.3) is 0 Å². The van der Waals surface area contributed by atoms with Crippen LogP contribution in [0.3, 0.4) is 0 Å². The lowest BCUT2D eigenvalue weighted by molar-refractivity contribution is 0.0461. The van der Waals surface area contributed by atoms with Crippen molar-refractivity contribution in [2.24, 2.45) is 5.92 Å². The predicted octanol–water partition coefficient (Wildman–Crippen LogP) is 1.58. The van der Waals surface area contributed by atoms with Crippen LogP contribution in [0.5, 0.6) is 0 Å². The van der Waals surface area contributed by atoms with Crippen molar-refractivity contribution in [2.45, 2.75) is 25.8 Å². The van der Waals surface area contributed by atoms with Gasteiger partial charge in [-0.3, -0.25) is 0 Å². The average Bonchev–Trinajstić information content (AvgIpc) is 2.15. The van der Waals surface area contributed by atoms with Gasteiger partial charge < -0.3 is 10.1 Å². The molecule has 2 heteroatoms. The van der Waals surface area contributed by atoms with E-state index in [1.165, 1.54) is 12.8 Å². The van der Waals surface area contributed by atoms with E-state index in [-0.39, 0.29) is 0 Å². The molecule has 1 saturated heterocycles. The van der Waals surface area contributed by atoms with Gasteiger partial charge in [0.2, 0.25) is 0 Å². The Morgan fingerprint density at radius 2 is 2.58 bits per heavy atom. The van der Waals surface area contributed by atoms with E-state index in [0.717, 1.165) is 19.8 Å². The summed E-state index contributed by atoms with van der Waals surface area (Å²) in [4.78, 5) is 0. The van der Waals surface area contributed by atoms with E-state index in [1.54, 1.807) is 0 Å². The van der Waals surface area contributed by atoms with Gasteiger partial charge in [-0.25, -0.2) is 0 Å². The summed E-state index contributed by atoms with van der Waals surface area (Å²) >= 11 is 0. The zero-order valence-corrected chi connectivity index (χ0v) is 7.88. The highest BCUT2D eigenvalue weighted by atomic mass is 16.5. The quantitative estimate of drug-likeness (QED) is 0.645. The molecule has 0 aromatic heterocycles. The number of nitrogens with one attached hydrogen (secondary N) is 1. The van der Waals surface area contributed by atoms with Gasteiger partial charge in [0, 0.05) is 18.6 Å². The molecule has 0 aromatic carbocycles. The minimum Gasteiger partial charge on any atom is -0.381 e. The third-order valence-electron chi connectivity index (χ3n) is 2.40. The monoisotopic (exact) mass is 169 g/mol. The molecule has 1 N–H and O–H groups in total. The van der Waals surface area contributed by atoms with E-state index >= 15 is 0 Å². The van der Waals surface area contributed by atoms with E-state index in [0.29, 0.717) is 12.0 Å². The maximum atomic E-state index is 5.42. The van der Waals surface area contributed by atoms with Gasteiger partial charge in [-0.1, -0.05) is 13.0 Å². The highest BCUT2D eigenvalue weighted by molar-refractivity contribution is 4.91. The lowest BCUT2D eigenvalue weighted by Gasteiger charge is -2.28. The van der Waals surface area contributed by atoms with Gasteiger partial charge >= 0.3 is 0 Å². The predicted molar refractivity (Wildman–Crippen MR) is 51.2 cm³/mol. The number of ether oxygens (including phenoxy) is 1. The van der Waals surface area contributed by atoms with Gasteiger partial charge in [-0.2, -0.15) is 0 Å². The van der Waals surface area contributed by atoms with Crippen LogP contribution in [0.1, 0.15) is 19.8 Å². The average molecular weight is 169 g/mol. The Morgan fingerprint density at radius 3 is 3.08 bits per heavy atom. The van der Waals surface area contributed by atoms with E-state index in [4.69, 9.17) is 4.74 Å². The van der Waals surface area contributed by atoms with E-state index in [9.17, 15) is 0 Å². The Bertz CT molecular complexity index is 130. The topological polar surface area (TPSA) is 21.3 Å². The minimum absolute atomic E-state index is 0.440. The fraction of sp³-hybridized carbons (Fsp3) is 0.800. The fourth-order valence-electron chi connectivity index (χ4n) is 1.73. The fourth-order valence-corrected chi connectivity index (χ4v) is 1.73. The summed E-state index contributed by atoms with van der Waals surface area (Å²) in [6.45, 7) is 8.80. The molecule has 2 atom stereocenters. The van der Waals surface area contributed by atoms with Crippen LogP contribution in [0.15, 0.2) is 12.7 Å². The van der Waals surface area contributed by atoms with Crippen molar-refractivity contribution in [2.75, 3.05) is 19.8 Å². The Kier molecular flexibility index (Phi) is 4.33. The lowest BCUT2D eigenvalue weighted by Crippen LogP contribution is -2.38. The van der Waals surface area contributed by atoms with E-state index in [2.05, 4.69) is 18.8 Å². The van der Waals surface area contributed by atoms with Crippen molar-refractivity contribution in [3.8, 4) is 0 Å². The molecule has 2 unspecified atom stereocenters. The highest BCUT2D eigenvalue weighted by Crippen LogP contribution is 2.17. The van der Waals surface area contributed by atoms with E-state index < -0.39 is 0 Å². The largest absolute Gasteiger partial charge is 0.381 e. The molecule has 0 bridgehead atoms. The minimum atomic E-state index is 0.440. The van der Waals surface area contributed by atoms with Crippen molar-refractivity contribution in [3.05, 3.63) is 12.7 Å². The van der Waals surface area contributed by atoms with Crippen LogP contribution in [0.2, 0.25) is 0 Å². The third kappa shape index (κ3) is 2.61. The number of likely N-dealkylation sites (N-methyl/N-ethyl adjacent to an activating group) is 1. The van der Waals surface area contributed by atoms with E-state index in [1.807, 2.05) is 6.08 Å². The normalized spacial score (nSPS) is 26.6. The first-order valence-electron chi connectivity index (χ1n) is 4.82. The molecule has 0 saturated carbocycles. The van der Waals surface area contributed by atoms with Crippen molar-refractivity contribution in [3.63, 3.8) is 0 Å². The lowest BCUT2D eigenvalue weighted by atomic mass is 9.94. The maximum absolute atomic E-state index is 5.42. The first kappa shape index (κ1) is 9.75. The summed E-state index contributed by atoms with van der Waals surface area (Å²) < 4.78 is 5.42. The van der Waals surface area contributed by atoms with Crippen LogP contribution in [0.4, 0.5) is 0 Å². The summed E-state index contributed by atoms with van der Waals surface area (Å²) in [6, 6.07) is 0.440. The van der Waals surface area contributed by atoms with Crippen LogP contribution in [-0.2, 0) is 4.74 Å². The molecule has 0 aromatic rings. The van der Waals surface area contributed by atoms with Gasteiger partial charge in [-0.15, -0.1) is 6.58 Å². The molecule has 0 amide bonds. The Morgan fingerprint density at radius 1 is 1.75 bits per heavy atom. The molecular formula is C10H19NO. The molecule has 12 heavy (non-hydrogen) atoms. The standard InChI is InChI=1S/C10H19NO/c1-3-10(11-4-2)9-6-5-7-12-8-9/h3,9-11H,1,4-8H2,2H3. The second kappa shape index (κ2) is 5.33. The molecule has 1 fully saturated rings. The molecule has 0 spiro atoms. The van der Waals surface area contributed by atoms with Crippen LogP contribution in [-0.4, -0.2) is 25.8 Å². The first-order chi connectivity index (χ1) is 5.88.